The minimum absolute atomic E-state index is 0.116. The van der Waals surface area contributed by atoms with E-state index in [9.17, 15) is 24.3 Å². The number of pyridine rings is 1. The number of aromatic nitrogens is 1. The van der Waals surface area contributed by atoms with Gasteiger partial charge >= 0.3 is 24.0 Å². The molecule has 0 fully saturated rings. The largest absolute Gasteiger partial charge is 0.464 e. The average molecular weight is 762 g/mol. The van der Waals surface area contributed by atoms with E-state index in [1.165, 1.54) is 6.92 Å². The van der Waals surface area contributed by atoms with Crippen molar-refractivity contribution in [3.8, 4) is 0 Å². The van der Waals surface area contributed by atoms with Crippen LogP contribution in [0.25, 0.3) is 0 Å². The monoisotopic (exact) mass is 761 g/mol. The molecule has 0 saturated carbocycles. The van der Waals surface area contributed by atoms with Crippen molar-refractivity contribution in [2.45, 2.75) is 124 Å². The number of aliphatic hydroxyl groups excluding tert-OH is 1. The number of nitrogens with zero attached hydrogens (tertiary/aromatic N) is 2. The predicted octanol–water partition coefficient (Wildman–Crippen LogP) is 6.43. The summed E-state index contributed by atoms with van der Waals surface area (Å²) in [6, 6.07) is 21.6. The number of alkyl carbamates (subject to hydrolysis) is 1. The maximum Gasteiger partial charge on any atom is 0.408 e. The highest BCUT2D eigenvalue weighted by molar-refractivity contribution is 5.84. The first kappa shape index (κ1) is 44.6. The summed E-state index contributed by atoms with van der Waals surface area (Å²) in [5.74, 6) is -4.13. The minimum Gasteiger partial charge on any atom is -0.464 e. The van der Waals surface area contributed by atoms with E-state index in [-0.39, 0.29) is 6.61 Å². The molecule has 300 valence electrons. The number of hydrogen-bond donors (Lipinski definition) is 2. The molecule has 1 aromatic heterocycles. The van der Waals surface area contributed by atoms with Crippen LogP contribution in [0.1, 0.15) is 84.9 Å². The summed E-state index contributed by atoms with van der Waals surface area (Å²) >= 11 is 0. The van der Waals surface area contributed by atoms with Gasteiger partial charge in [0.25, 0.3) is 0 Å². The summed E-state index contributed by atoms with van der Waals surface area (Å²) in [5, 5.41) is 14.5. The van der Waals surface area contributed by atoms with E-state index in [4.69, 9.17) is 18.9 Å². The highest BCUT2D eigenvalue weighted by Crippen LogP contribution is 2.25. The number of benzene rings is 2. The predicted molar refractivity (Wildman–Crippen MR) is 208 cm³/mol. The first-order chi connectivity index (χ1) is 26.1. The van der Waals surface area contributed by atoms with Crippen LogP contribution in [-0.2, 0) is 52.8 Å². The molecule has 0 unspecified atom stereocenters. The summed E-state index contributed by atoms with van der Waals surface area (Å²) in [6.07, 6.45) is 0.447. The molecule has 0 saturated heterocycles. The van der Waals surface area contributed by atoms with Crippen molar-refractivity contribution in [1.29, 1.82) is 0 Å². The van der Waals surface area contributed by atoms with E-state index in [0.29, 0.717) is 25.9 Å². The van der Waals surface area contributed by atoms with Crippen LogP contribution < -0.4 is 5.32 Å². The standard InChI is InChI=1S/C43H59N3O9/c1-9-10-24-52-40(49)36(45-42(51)55-43(6,7)8)31(5)53-41(50)38(29(2)3)54-39(48)30(4)37(47)35(25-34-22-17-23-44-26-34)46(27-32-18-13-11-14-19-32)28-33-20-15-12-16-21-33/h11-23,26,29-31,35-38,47H,9-10,24-25,27-28H2,1-8H3,(H,45,51)/t30-,31-,35+,36+,37+,38+/m1/s1. The molecule has 0 aliphatic rings. The first-order valence-corrected chi connectivity index (χ1v) is 19.1. The lowest BCUT2D eigenvalue weighted by atomic mass is 9.91. The van der Waals surface area contributed by atoms with Crippen molar-refractivity contribution >= 4 is 24.0 Å². The van der Waals surface area contributed by atoms with Gasteiger partial charge in [-0.1, -0.05) is 93.9 Å². The van der Waals surface area contributed by atoms with Gasteiger partial charge in [-0.2, -0.15) is 0 Å². The van der Waals surface area contributed by atoms with Crippen molar-refractivity contribution in [3.05, 3.63) is 102 Å². The molecule has 2 N–H and O–H groups in total. The number of aliphatic hydroxyl groups is 1. The normalized spacial score (nSPS) is 14.9. The van der Waals surface area contributed by atoms with E-state index in [2.05, 4.69) is 15.2 Å². The number of amides is 1. The summed E-state index contributed by atoms with van der Waals surface area (Å²) < 4.78 is 22.2. The average Bonchev–Trinajstić information content (AvgIpc) is 3.14. The zero-order chi connectivity index (χ0) is 40.5. The lowest BCUT2D eigenvalue weighted by Crippen LogP contribution is -2.52. The van der Waals surface area contributed by atoms with E-state index in [0.717, 1.165) is 23.1 Å². The van der Waals surface area contributed by atoms with Crippen LogP contribution in [-0.4, -0.2) is 81.6 Å². The zero-order valence-corrected chi connectivity index (χ0v) is 33.5. The van der Waals surface area contributed by atoms with Gasteiger partial charge in [-0.25, -0.2) is 14.4 Å². The van der Waals surface area contributed by atoms with E-state index in [1.54, 1.807) is 53.9 Å². The molecule has 0 bridgehead atoms. The maximum absolute atomic E-state index is 13.9. The van der Waals surface area contributed by atoms with Crippen LogP contribution in [0, 0.1) is 11.8 Å². The smallest absolute Gasteiger partial charge is 0.408 e. The second-order valence-corrected chi connectivity index (χ2v) is 15.2. The third-order valence-electron chi connectivity index (χ3n) is 8.89. The van der Waals surface area contributed by atoms with Crippen LogP contribution in [0.15, 0.2) is 85.2 Å². The maximum atomic E-state index is 13.9. The Hall–Kier alpha value is -4.81. The van der Waals surface area contributed by atoms with Gasteiger partial charge < -0.3 is 29.4 Å². The fourth-order valence-electron chi connectivity index (χ4n) is 5.84. The lowest BCUT2D eigenvalue weighted by Gasteiger charge is -2.37. The Kier molecular flexibility index (Phi) is 17.8. The Morgan fingerprint density at radius 1 is 0.800 bits per heavy atom. The molecule has 0 aliphatic heterocycles. The summed E-state index contributed by atoms with van der Waals surface area (Å²) in [5.41, 5.74) is 2.08. The van der Waals surface area contributed by atoms with Gasteiger partial charge in [-0.05, 0) is 70.2 Å². The van der Waals surface area contributed by atoms with Crippen molar-refractivity contribution in [2.24, 2.45) is 11.8 Å². The Morgan fingerprint density at radius 3 is 1.89 bits per heavy atom. The highest BCUT2D eigenvalue weighted by Gasteiger charge is 2.40. The molecule has 0 aliphatic carbocycles. The first-order valence-electron chi connectivity index (χ1n) is 19.1. The third-order valence-corrected chi connectivity index (χ3v) is 8.89. The van der Waals surface area contributed by atoms with Gasteiger partial charge in [0.15, 0.2) is 6.04 Å². The molecule has 0 radical (unpaired) electrons. The molecule has 3 rings (SSSR count). The topological polar surface area (TPSA) is 154 Å². The highest BCUT2D eigenvalue weighted by atomic mass is 16.6. The number of ether oxygens (including phenoxy) is 4. The molecule has 55 heavy (non-hydrogen) atoms. The number of unbranched alkanes of at least 4 members (excludes halogenated alkanes) is 1. The van der Waals surface area contributed by atoms with Gasteiger partial charge in [0.2, 0.25) is 6.10 Å². The Morgan fingerprint density at radius 2 is 1.38 bits per heavy atom. The number of carbonyl (C=O) groups excluding carboxylic acids is 4. The molecular weight excluding hydrogens is 702 g/mol. The molecule has 2 aromatic carbocycles. The van der Waals surface area contributed by atoms with Gasteiger partial charge in [0.1, 0.15) is 11.7 Å². The van der Waals surface area contributed by atoms with Crippen LogP contribution in [0.2, 0.25) is 0 Å². The number of nitrogens with one attached hydrogen (secondary N) is 1. The molecule has 12 nitrogen and oxygen atoms in total. The van der Waals surface area contributed by atoms with Crippen LogP contribution in [0.5, 0.6) is 0 Å². The molecule has 12 heteroatoms. The van der Waals surface area contributed by atoms with Gasteiger partial charge in [-0.15, -0.1) is 0 Å². The zero-order valence-electron chi connectivity index (χ0n) is 33.5. The van der Waals surface area contributed by atoms with Crippen molar-refractivity contribution in [1.82, 2.24) is 15.2 Å². The molecule has 1 heterocycles. The second-order valence-electron chi connectivity index (χ2n) is 15.2. The second kappa shape index (κ2) is 21.9. The van der Waals surface area contributed by atoms with E-state index in [1.807, 2.05) is 79.7 Å². The quantitative estimate of drug-likeness (QED) is 0.0744. The Bertz CT molecular complexity index is 1580. The lowest BCUT2D eigenvalue weighted by molar-refractivity contribution is -0.181. The number of hydrogen-bond acceptors (Lipinski definition) is 11. The Balaban J connectivity index is 1.85. The van der Waals surface area contributed by atoms with Crippen LogP contribution >= 0.6 is 0 Å². The fourth-order valence-corrected chi connectivity index (χ4v) is 5.84. The molecular formula is C43H59N3O9. The molecule has 1 amide bonds. The third kappa shape index (κ3) is 15.1. The summed E-state index contributed by atoms with van der Waals surface area (Å²) in [7, 11) is 0. The Labute approximate surface area is 325 Å². The minimum atomic E-state index is -1.40. The molecule has 0 spiro atoms. The fraction of sp³-hybridized carbons (Fsp3) is 0.512. The van der Waals surface area contributed by atoms with Crippen molar-refractivity contribution in [2.75, 3.05) is 6.61 Å². The van der Waals surface area contributed by atoms with E-state index >= 15 is 0 Å². The van der Waals surface area contributed by atoms with Crippen LogP contribution in [0.3, 0.4) is 0 Å². The van der Waals surface area contributed by atoms with Crippen molar-refractivity contribution in [3.63, 3.8) is 0 Å². The number of carbonyl (C=O) groups is 4. The SMILES string of the molecule is CCCCOC(=O)[C@@H](NC(=O)OC(C)(C)C)[C@@H](C)OC(=O)[C@@H](OC(=O)[C@H](C)[C@H](O)[C@H](Cc1cccnc1)N(Cc1ccccc1)Cc1ccccc1)C(C)C. The number of esters is 3. The summed E-state index contributed by atoms with van der Waals surface area (Å²) in [6.45, 7) is 14.4. The number of rotatable bonds is 20. The molecule has 6 atom stereocenters. The van der Waals surface area contributed by atoms with Gasteiger partial charge in [-0.3, -0.25) is 14.7 Å². The summed E-state index contributed by atoms with van der Waals surface area (Å²) in [4.78, 5) is 59.7. The molecule has 3 aromatic rings. The van der Waals surface area contributed by atoms with E-state index < -0.39 is 71.8 Å². The van der Waals surface area contributed by atoms with Gasteiger partial charge in [0.05, 0.1) is 18.6 Å². The van der Waals surface area contributed by atoms with Gasteiger partial charge in [0, 0.05) is 37.4 Å². The van der Waals surface area contributed by atoms with Crippen LogP contribution in [0.4, 0.5) is 4.79 Å². The van der Waals surface area contributed by atoms with Crippen molar-refractivity contribution < 1.29 is 43.2 Å².